The van der Waals surface area contributed by atoms with Gasteiger partial charge in [0.1, 0.15) is 0 Å². The normalized spacial score (nSPS) is 27.4. The van der Waals surface area contributed by atoms with Crippen LogP contribution >= 0.6 is 12.4 Å². The van der Waals surface area contributed by atoms with Crippen molar-refractivity contribution < 1.29 is 9.59 Å². The second-order valence-corrected chi connectivity index (χ2v) is 5.50. The van der Waals surface area contributed by atoms with Crippen molar-refractivity contribution in [2.24, 2.45) is 11.7 Å². The van der Waals surface area contributed by atoms with Crippen LogP contribution in [0.4, 0.5) is 0 Å². The van der Waals surface area contributed by atoms with Crippen molar-refractivity contribution in [2.75, 3.05) is 26.2 Å². The fourth-order valence-corrected chi connectivity index (χ4v) is 2.94. The number of piperidine rings is 1. The average molecular weight is 290 g/mol. The van der Waals surface area contributed by atoms with Crippen molar-refractivity contribution in [3.63, 3.8) is 0 Å². The summed E-state index contributed by atoms with van der Waals surface area (Å²) in [5.74, 6) is 0.617. The lowest BCUT2D eigenvalue weighted by Gasteiger charge is -2.29. The average Bonchev–Trinajstić information content (AvgIpc) is 2.73. The quantitative estimate of drug-likeness (QED) is 0.828. The topological polar surface area (TPSA) is 66.6 Å². The highest BCUT2D eigenvalue weighted by Gasteiger charge is 2.33. The van der Waals surface area contributed by atoms with Gasteiger partial charge in [-0.15, -0.1) is 12.4 Å². The largest absolute Gasteiger partial charge is 0.338 e. The van der Waals surface area contributed by atoms with E-state index in [1.54, 1.807) is 4.90 Å². The molecule has 2 saturated heterocycles. The third-order valence-electron chi connectivity index (χ3n) is 4.06. The minimum absolute atomic E-state index is 0. The first kappa shape index (κ1) is 16.2. The lowest BCUT2D eigenvalue weighted by Crippen LogP contribution is -2.45. The summed E-state index contributed by atoms with van der Waals surface area (Å²) in [5.41, 5.74) is 5.66. The van der Waals surface area contributed by atoms with Crippen molar-refractivity contribution in [2.45, 2.75) is 38.6 Å². The maximum absolute atomic E-state index is 12.2. The summed E-state index contributed by atoms with van der Waals surface area (Å²) in [4.78, 5) is 27.5. The highest BCUT2D eigenvalue weighted by Crippen LogP contribution is 2.22. The molecule has 0 aromatic rings. The molecule has 110 valence electrons. The molecular weight excluding hydrogens is 266 g/mol. The van der Waals surface area contributed by atoms with Gasteiger partial charge in [-0.25, -0.2) is 0 Å². The molecular formula is C13H24ClN3O2. The van der Waals surface area contributed by atoms with Crippen LogP contribution in [-0.2, 0) is 9.59 Å². The van der Waals surface area contributed by atoms with Gasteiger partial charge in [0.15, 0.2) is 0 Å². The summed E-state index contributed by atoms with van der Waals surface area (Å²) in [7, 11) is 0. The molecule has 0 aromatic carbocycles. The van der Waals surface area contributed by atoms with Gasteiger partial charge in [0, 0.05) is 25.6 Å². The molecule has 2 N–H and O–H groups in total. The first-order chi connectivity index (χ1) is 8.61. The van der Waals surface area contributed by atoms with Crippen molar-refractivity contribution in [1.82, 2.24) is 9.80 Å². The van der Waals surface area contributed by atoms with E-state index in [0.29, 0.717) is 18.9 Å². The molecule has 2 amide bonds. The molecule has 0 aromatic heterocycles. The highest BCUT2D eigenvalue weighted by molar-refractivity contribution is 5.85. The second-order valence-electron chi connectivity index (χ2n) is 5.50. The zero-order valence-electron chi connectivity index (χ0n) is 11.5. The minimum atomic E-state index is 0. The van der Waals surface area contributed by atoms with Gasteiger partial charge in [-0.3, -0.25) is 9.59 Å². The summed E-state index contributed by atoms with van der Waals surface area (Å²) < 4.78 is 0. The molecule has 19 heavy (non-hydrogen) atoms. The van der Waals surface area contributed by atoms with E-state index in [1.165, 1.54) is 0 Å². The second kappa shape index (κ2) is 7.10. The molecule has 2 rings (SSSR count). The molecule has 0 saturated carbocycles. The number of carbonyl (C=O) groups excluding carboxylic acids is 2. The van der Waals surface area contributed by atoms with Gasteiger partial charge in [-0.05, 0) is 38.6 Å². The van der Waals surface area contributed by atoms with E-state index in [-0.39, 0.29) is 36.8 Å². The van der Waals surface area contributed by atoms with E-state index in [4.69, 9.17) is 5.73 Å². The standard InChI is InChI=1S/C13H23N3O2.ClH/c1-10-6-11(7-14)8-16(10)13(18)9-15-5-3-2-4-12(15)17;/h10-11H,2-9,14H2,1H3;1H. The van der Waals surface area contributed by atoms with Crippen LogP contribution in [0.15, 0.2) is 0 Å². The fourth-order valence-electron chi connectivity index (χ4n) is 2.94. The molecule has 0 radical (unpaired) electrons. The van der Waals surface area contributed by atoms with Crippen LogP contribution in [0, 0.1) is 5.92 Å². The molecule has 2 heterocycles. The number of nitrogens with zero attached hydrogens (tertiary/aromatic N) is 2. The molecule has 2 aliphatic heterocycles. The Morgan fingerprint density at radius 1 is 1.42 bits per heavy atom. The third-order valence-corrected chi connectivity index (χ3v) is 4.06. The van der Waals surface area contributed by atoms with Crippen molar-refractivity contribution >= 4 is 24.2 Å². The van der Waals surface area contributed by atoms with Gasteiger partial charge in [-0.2, -0.15) is 0 Å². The van der Waals surface area contributed by atoms with E-state index < -0.39 is 0 Å². The Hall–Kier alpha value is -0.810. The Morgan fingerprint density at radius 3 is 2.74 bits per heavy atom. The summed E-state index contributed by atoms with van der Waals surface area (Å²) in [6.07, 6.45) is 3.54. The number of hydrogen-bond acceptors (Lipinski definition) is 3. The Kier molecular flexibility index (Phi) is 6.07. The van der Waals surface area contributed by atoms with Crippen LogP contribution in [-0.4, -0.2) is 53.8 Å². The van der Waals surface area contributed by atoms with Gasteiger partial charge in [0.05, 0.1) is 6.54 Å². The molecule has 0 aliphatic carbocycles. The number of carbonyl (C=O) groups is 2. The van der Waals surface area contributed by atoms with Gasteiger partial charge in [0.25, 0.3) is 0 Å². The van der Waals surface area contributed by atoms with Crippen molar-refractivity contribution in [1.29, 1.82) is 0 Å². The molecule has 5 nitrogen and oxygen atoms in total. The smallest absolute Gasteiger partial charge is 0.242 e. The molecule has 6 heteroatoms. The molecule has 0 bridgehead atoms. The number of nitrogens with two attached hydrogens (primary N) is 1. The lowest BCUT2D eigenvalue weighted by atomic mass is 10.1. The first-order valence-electron chi connectivity index (χ1n) is 6.89. The molecule has 2 aliphatic rings. The number of likely N-dealkylation sites (tertiary alicyclic amines) is 2. The fraction of sp³-hybridized carbons (Fsp3) is 0.846. The lowest BCUT2D eigenvalue weighted by molar-refractivity contribution is -0.142. The Bertz CT molecular complexity index is 338. The molecule has 0 spiro atoms. The summed E-state index contributed by atoms with van der Waals surface area (Å²) in [5, 5.41) is 0. The Balaban J connectivity index is 0.00000180. The van der Waals surface area contributed by atoms with Gasteiger partial charge in [-0.1, -0.05) is 0 Å². The van der Waals surface area contributed by atoms with Gasteiger partial charge < -0.3 is 15.5 Å². The van der Waals surface area contributed by atoms with Crippen LogP contribution < -0.4 is 5.73 Å². The van der Waals surface area contributed by atoms with Gasteiger partial charge in [0.2, 0.25) is 11.8 Å². The van der Waals surface area contributed by atoms with E-state index in [2.05, 4.69) is 6.92 Å². The summed E-state index contributed by atoms with van der Waals surface area (Å²) in [6, 6.07) is 0.256. The zero-order chi connectivity index (χ0) is 13.1. The zero-order valence-corrected chi connectivity index (χ0v) is 12.3. The van der Waals surface area contributed by atoms with E-state index in [9.17, 15) is 9.59 Å². The third kappa shape index (κ3) is 3.83. The predicted octanol–water partition coefficient (Wildman–Crippen LogP) is 0.616. The van der Waals surface area contributed by atoms with Crippen molar-refractivity contribution in [3.8, 4) is 0 Å². The number of hydrogen-bond donors (Lipinski definition) is 1. The van der Waals surface area contributed by atoms with Gasteiger partial charge >= 0.3 is 0 Å². The van der Waals surface area contributed by atoms with Crippen LogP contribution in [0.25, 0.3) is 0 Å². The Labute approximate surface area is 120 Å². The number of halogens is 1. The Morgan fingerprint density at radius 2 is 2.16 bits per heavy atom. The number of rotatable bonds is 3. The SMILES string of the molecule is CC1CC(CN)CN1C(=O)CN1CCCCC1=O.Cl. The highest BCUT2D eigenvalue weighted by atomic mass is 35.5. The van der Waals surface area contributed by atoms with E-state index >= 15 is 0 Å². The van der Waals surface area contributed by atoms with E-state index in [0.717, 1.165) is 32.4 Å². The van der Waals surface area contributed by atoms with E-state index in [1.807, 2.05) is 4.90 Å². The molecule has 2 atom stereocenters. The number of amides is 2. The first-order valence-corrected chi connectivity index (χ1v) is 6.89. The monoisotopic (exact) mass is 289 g/mol. The predicted molar refractivity (Wildman–Crippen MR) is 76.0 cm³/mol. The minimum Gasteiger partial charge on any atom is -0.338 e. The van der Waals surface area contributed by atoms with Crippen LogP contribution in [0.5, 0.6) is 0 Å². The molecule has 2 fully saturated rings. The van der Waals surface area contributed by atoms with Crippen LogP contribution in [0.2, 0.25) is 0 Å². The maximum Gasteiger partial charge on any atom is 0.242 e. The summed E-state index contributed by atoms with van der Waals surface area (Å²) >= 11 is 0. The maximum atomic E-state index is 12.2. The van der Waals surface area contributed by atoms with Crippen LogP contribution in [0.3, 0.4) is 0 Å². The molecule has 2 unspecified atom stereocenters. The van der Waals surface area contributed by atoms with Crippen molar-refractivity contribution in [3.05, 3.63) is 0 Å². The summed E-state index contributed by atoms with van der Waals surface area (Å²) in [6.45, 7) is 4.43. The van der Waals surface area contributed by atoms with Crippen LogP contribution in [0.1, 0.15) is 32.6 Å².